The second-order valence-electron chi connectivity index (χ2n) is 7.25. The van der Waals surface area contributed by atoms with Crippen molar-refractivity contribution < 1.29 is 9.59 Å². The van der Waals surface area contributed by atoms with Crippen molar-refractivity contribution in [1.82, 2.24) is 10.2 Å². The molecule has 1 atom stereocenters. The van der Waals surface area contributed by atoms with Crippen LogP contribution < -0.4 is 5.32 Å². The third-order valence-corrected chi connectivity index (χ3v) is 5.98. The SMILES string of the molecule is CNC1CC(=O)N(C23CC4CC(CC(C4)C2)C3)C1=O. The van der Waals surface area contributed by atoms with Crippen LogP contribution in [0.15, 0.2) is 0 Å². The van der Waals surface area contributed by atoms with E-state index in [0.717, 1.165) is 37.0 Å². The largest absolute Gasteiger partial charge is 0.308 e. The lowest BCUT2D eigenvalue weighted by atomic mass is 9.52. The Morgan fingerprint density at radius 2 is 1.58 bits per heavy atom. The Hall–Kier alpha value is -0.900. The van der Waals surface area contributed by atoms with Crippen LogP contribution in [0.2, 0.25) is 0 Å². The number of likely N-dealkylation sites (tertiary alicyclic amines) is 1. The van der Waals surface area contributed by atoms with E-state index in [1.54, 1.807) is 11.9 Å². The van der Waals surface area contributed by atoms with Crippen LogP contribution >= 0.6 is 0 Å². The van der Waals surface area contributed by atoms with Crippen LogP contribution in [0, 0.1) is 17.8 Å². The van der Waals surface area contributed by atoms with E-state index < -0.39 is 0 Å². The summed E-state index contributed by atoms with van der Waals surface area (Å²) >= 11 is 0. The number of hydrogen-bond acceptors (Lipinski definition) is 3. The molecule has 1 saturated heterocycles. The van der Waals surface area contributed by atoms with Crippen molar-refractivity contribution in [2.24, 2.45) is 17.8 Å². The molecule has 4 aliphatic carbocycles. The number of rotatable bonds is 2. The zero-order valence-corrected chi connectivity index (χ0v) is 11.5. The number of imide groups is 1. The Morgan fingerprint density at radius 3 is 2.00 bits per heavy atom. The van der Waals surface area contributed by atoms with Crippen molar-refractivity contribution in [3.8, 4) is 0 Å². The predicted octanol–water partition coefficient (Wildman–Crippen LogP) is 1.30. The minimum atomic E-state index is -0.277. The Labute approximate surface area is 113 Å². The minimum absolute atomic E-state index is 0.0365. The maximum Gasteiger partial charge on any atom is 0.247 e. The number of carbonyl (C=O) groups excluding carboxylic acids is 2. The van der Waals surface area contributed by atoms with Gasteiger partial charge in [-0.25, -0.2) is 0 Å². The Kier molecular flexibility index (Phi) is 2.39. The molecule has 19 heavy (non-hydrogen) atoms. The van der Waals surface area contributed by atoms with Crippen LogP contribution in [0.25, 0.3) is 0 Å². The second kappa shape index (κ2) is 3.81. The van der Waals surface area contributed by atoms with Gasteiger partial charge in [0, 0.05) is 0 Å². The van der Waals surface area contributed by atoms with Gasteiger partial charge in [-0.05, 0) is 63.3 Å². The topological polar surface area (TPSA) is 49.4 Å². The minimum Gasteiger partial charge on any atom is -0.308 e. The first-order chi connectivity index (χ1) is 9.11. The van der Waals surface area contributed by atoms with E-state index in [1.165, 1.54) is 19.3 Å². The van der Waals surface area contributed by atoms with Gasteiger partial charge in [-0.2, -0.15) is 0 Å². The van der Waals surface area contributed by atoms with Gasteiger partial charge in [-0.3, -0.25) is 14.5 Å². The molecule has 5 rings (SSSR count). The maximum atomic E-state index is 12.5. The van der Waals surface area contributed by atoms with E-state index in [0.29, 0.717) is 6.42 Å². The average molecular weight is 262 g/mol. The molecule has 1 heterocycles. The Morgan fingerprint density at radius 1 is 1.05 bits per heavy atom. The average Bonchev–Trinajstić information content (AvgIpc) is 2.62. The molecular weight excluding hydrogens is 240 g/mol. The van der Waals surface area contributed by atoms with Gasteiger partial charge in [0.05, 0.1) is 18.0 Å². The van der Waals surface area contributed by atoms with E-state index in [1.807, 2.05) is 0 Å². The number of carbonyl (C=O) groups is 2. The molecule has 4 nitrogen and oxygen atoms in total. The van der Waals surface area contributed by atoms with E-state index in [4.69, 9.17) is 0 Å². The molecule has 4 saturated carbocycles. The smallest absolute Gasteiger partial charge is 0.247 e. The monoisotopic (exact) mass is 262 g/mol. The summed E-state index contributed by atoms with van der Waals surface area (Å²) in [6, 6.07) is -0.277. The van der Waals surface area contributed by atoms with Gasteiger partial charge >= 0.3 is 0 Å². The Balaban J connectivity index is 1.68. The van der Waals surface area contributed by atoms with E-state index in [-0.39, 0.29) is 23.4 Å². The second-order valence-corrected chi connectivity index (χ2v) is 7.25. The molecule has 5 aliphatic rings. The van der Waals surface area contributed by atoms with Gasteiger partial charge in [0.2, 0.25) is 11.8 Å². The molecule has 0 aromatic carbocycles. The first kappa shape index (κ1) is 11.9. The number of hydrogen-bond donors (Lipinski definition) is 1. The maximum absolute atomic E-state index is 12.5. The summed E-state index contributed by atoms with van der Waals surface area (Å²) in [5.74, 6) is 2.39. The van der Waals surface area contributed by atoms with Crippen molar-refractivity contribution in [2.75, 3.05) is 7.05 Å². The molecule has 104 valence electrons. The van der Waals surface area contributed by atoms with Crippen molar-refractivity contribution in [1.29, 1.82) is 0 Å². The van der Waals surface area contributed by atoms with Crippen molar-refractivity contribution in [2.45, 2.75) is 56.5 Å². The summed E-state index contributed by atoms with van der Waals surface area (Å²) in [5.41, 5.74) is -0.103. The molecule has 0 aromatic heterocycles. The number of nitrogens with zero attached hydrogens (tertiary/aromatic N) is 1. The fourth-order valence-electron chi connectivity index (χ4n) is 5.69. The standard InChI is InChI=1S/C15H22N2O2/c1-16-12-5-13(18)17(14(12)19)15-6-9-2-10(7-15)4-11(3-9)8-15/h9-12,16H,2-8H2,1H3. The zero-order valence-electron chi connectivity index (χ0n) is 11.5. The van der Waals surface area contributed by atoms with Crippen LogP contribution in [0.5, 0.6) is 0 Å². The highest BCUT2D eigenvalue weighted by Gasteiger charge is 2.58. The fourth-order valence-corrected chi connectivity index (χ4v) is 5.69. The van der Waals surface area contributed by atoms with Crippen LogP contribution in [-0.4, -0.2) is 35.3 Å². The number of likely N-dealkylation sites (N-methyl/N-ethyl adjacent to an activating group) is 1. The van der Waals surface area contributed by atoms with Crippen LogP contribution in [0.3, 0.4) is 0 Å². The highest BCUT2D eigenvalue weighted by Crippen LogP contribution is 2.58. The molecule has 4 bridgehead atoms. The van der Waals surface area contributed by atoms with Gasteiger partial charge in [-0.15, -0.1) is 0 Å². The zero-order chi connectivity index (χ0) is 13.2. The molecule has 1 unspecified atom stereocenters. The van der Waals surface area contributed by atoms with E-state index in [2.05, 4.69) is 5.32 Å². The highest BCUT2D eigenvalue weighted by molar-refractivity contribution is 6.06. The molecule has 1 aliphatic heterocycles. The highest BCUT2D eigenvalue weighted by atomic mass is 16.2. The third kappa shape index (κ3) is 1.55. The van der Waals surface area contributed by atoms with E-state index >= 15 is 0 Å². The first-order valence-electron chi connectivity index (χ1n) is 7.65. The van der Waals surface area contributed by atoms with Gasteiger partial charge in [0.25, 0.3) is 0 Å². The molecular formula is C15H22N2O2. The normalized spacial score (nSPS) is 48.4. The number of nitrogens with one attached hydrogen (secondary N) is 1. The molecule has 0 radical (unpaired) electrons. The molecule has 2 amide bonds. The molecule has 1 N–H and O–H groups in total. The predicted molar refractivity (Wildman–Crippen MR) is 70.2 cm³/mol. The summed E-state index contributed by atoms with van der Waals surface area (Å²) in [4.78, 5) is 26.5. The molecule has 0 spiro atoms. The summed E-state index contributed by atoms with van der Waals surface area (Å²) < 4.78 is 0. The lowest BCUT2D eigenvalue weighted by Gasteiger charge is -2.59. The summed E-state index contributed by atoms with van der Waals surface area (Å²) in [6.45, 7) is 0. The fraction of sp³-hybridized carbons (Fsp3) is 0.867. The van der Waals surface area contributed by atoms with Gasteiger partial charge in [0.15, 0.2) is 0 Å². The van der Waals surface area contributed by atoms with Crippen molar-refractivity contribution >= 4 is 11.8 Å². The van der Waals surface area contributed by atoms with Crippen LogP contribution in [-0.2, 0) is 9.59 Å². The lowest BCUT2D eigenvalue weighted by molar-refractivity contribution is -0.158. The van der Waals surface area contributed by atoms with Crippen LogP contribution in [0.4, 0.5) is 0 Å². The molecule has 4 heteroatoms. The van der Waals surface area contributed by atoms with Gasteiger partial charge < -0.3 is 5.32 Å². The quantitative estimate of drug-likeness (QED) is 0.763. The number of amides is 2. The van der Waals surface area contributed by atoms with Crippen molar-refractivity contribution in [3.05, 3.63) is 0 Å². The third-order valence-electron chi connectivity index (χ3n) is 5.98. The van der Waals surface area contributed by atoms with Crippen LogP contribution in [0.1, 0.15) is 44.9 Å². The first-order valence-corrected chi connectivity index (χ1v) is 7.65. The Bertz CT molecular complexity index is 410. The van der Waals surface area contributed by atoms with Gasteiger partial charge in [-0.1, -0.05) is 0 Å². The summed E-state index contributed by atoms with van der Waals surface area (Å²) in [6.07, 6.45) is 7.60. The molecule has 0 aromatic rings. The summed E-state index contributed by atoms with van der Waals surface area (Å²) in [5, 5.41) is 2.99. The van der Waals surface area contributed by atoms with Gasteiger partial charge in [0.1, 0.15) is 0 Å². The lowest BCUT2D eigenvalue weighted by Crippen LogP contribution is -2.62. The van der Waals surface area contributed by atoms with E-state index in [9.17, 15) is 9.59 Å². The summed E-state index contributed by atoms with van der Waals surface area (Å²) in [7, 11) is 1.78. The molecule has 5 fully saturated rings. The van der Waals surface area contributed by atoms with Crippen molar-refractivity contribution in [3.63, 3.8) is 0 Å².